The number of halogens is 1. The van der Waals surface area contributed by atoms with Crippen molar-refractivity contribution in [3.05, 3.63) is 94.4 Å². The summed E-state index contributed by atoms with van der Waals surface area (Å²) in [5, 5.41) is 2.41. The third-order valence-electron chi connectivity index (χ3n) is 5.48. The minimum absolute atomic E-state index is 0.183. The highest BCUT2D eigenvalue weighted by atomic mass is 35.5. The van der Waals surface area contributed by atoms with Crippen molar-refractivity contribution in [2.45, 2.75) is 20.3 Å². The number of hydrogen-bond acceptors (Lipinski definition) is 4. The van der Waals surface area contributed by atoms with Gasteiger partial charge in [0, 0.05) is 22.1 Å². The molecule has 1 aromatic carbocycles. The molecule has 0 radical (unpaired) electrons. The molecule has 0 saturated heterocycles. The van der Waals surface area contributed by atoms with Crippen LogP contribution in [0.3, 0.4) is 0 Å². The van der Waals surface area contributed by atoms with E-state index in [1.54, 1.807) is 0 Å². The van der Waals surface area contributed by atoms with E-state index in [2.05, 4.69) is 40.3 Å². The number of hydrogen-bond donors (Lipinski definition) is 0. The average molecular weight is 414 g/mol. The second-order valence-electron chi connectivity index (χ2n) is 7.42. The highest BCUT2D eigenvalue weighted by molar-refractivity contribution is 6.28. The lowest BCUT2D eigenvalue weighted by atomic mass is 9.83. The molecule has 0 amide bonds. The summed E-state index contributed by atoms with van der Waals surface area (Å²) in [6, 6.07) is 8.13. The molecule has 5 heteroatoms. The van der Waals surface area contributed by atoms with Crippen LogP contribution in [0.25, 0.3) is 27.7 Å². The Hall–Kier alpha value is -3.24. The molecule has 1 unspecified atom stereocenters. The van der Waals surface area contributed by atoms with Crippen molar-refractivity contribution in [3.63, 3.8) is 0 Å². The summed E-state index contributed by atoms with van der Waals surface area (Å²) in [5.74, 6) is 1.39. The summed E-state index contributed by atoms with van der Waals surface area (Å²) >= 11 is 6.31. The van der Waals surface area contributed by atoms with Crippen molar-refractivity contribution in [1.29, 1.82) is 0 Å². The van der Waals surface area contributed by atoms with Crippen LogP contribution in [-0.2, 0) is 0 Å². The molecule has 3 aromatic rings. The summed E-state index contributed by atoms with van der Waals surface area (Å²) < 4.78 is 6.33. The summed E-state index contributed by atoms with van der Waals surface area (Å²) in [4.78, 5) is 13.6. The number of para-hydroxylation sites is 1. The van der Waals surface area contributed by atoms with E-state index in [0.29, 0.717) is 11.6 Å². The van der Waals surface area contributed by atoms with Crippen LogP contribution in [0.15, 0.2) is 71.2 Å². The topological polar surface area (TPSA) is 51.8 Å². The predicted octanol–water partition coefficient (Wildman–Crippen LogP) is 4.75. The molecule has 0 N–H and O–H groups in total. The zero-order chi connectivity index (χ0) is 20.7. The SMILES string of the molecule is C/C=C\C=C(/C)c1nc(Cl)nc(C2=c3oc4ccccc4c3=C3C=CC=CC3C2)n1. The quantitative estimate of drug-likeness (QED) is 0.581. The first-order chi connectivity index (χ1) is 14.7. The van der Waals surface area contributed by atoms with Crippen LogP contribution in [0.1, 0.15) is 31.9 Å². The van der Waals surface area contributed by atoms with Crippen molar-refractivity contribution >= 4 is 39.3 Å². The Morgan fingerprint density at radius 3 is 2.90 bits per heavy atom. The fraction of sp³-hybridized carbons (Fsp3) is 0.160. The highest BCUT2D eigenvalue weighted by Gasteiger charge is 2.26. The number of furan rings is 1. The summed E-state index contributed by atoms with van der Waals surface area (Å²) in [7, 11) is 0. The van der Waals surface area contributed by atoms with E-state index in [-0.39, 0.29) is 11.2 Å². The number of benzene rings is 1. The second kappa shape index (κ2) is 7.54. The largest absolute Gasteiger partial charge is 0.456 e. The van der Waals surface area contributed by atoms with Crippen LogP contribution in [0.5, 0.6) is 0 Å². The van der Waals surface area contributed by atoms with Gasteiger partial charge < -0.3 is 4.42 Å². The average Bonchev–Trinajstić information content (AvgIpc) is 3.16. The second-order valence-corrected chi connectivity index (χ2v) is 7.76. The van der Waals surface area contributed by atoms with Crippen molar-refractivity contribution < 1.29 is 4.42 Å². The minimum atomic E-state index is 0.183. The lowest BCUT2D eigenvalue weighted by molar-refractivity contribution is 0.563. The molecular weight excluding hydrogens is 394 g/mol. The lowest BCUT2D eigenvalue weighted by Gasteiger charge is -2.21. The van der Waals surface area contributed by atoms with Crippen molar-refractivity contribution in [2.24, 2.45) is 5.92 Å². The molecule has 0 aliphatic heterocycles. The Balaban J connectivity index is 1.83. The molecule has 5 rings (SSSR count). The molecule has 2 aliphatic rings. The Labute approximate surface area is 179 Å². The smallest absolute Gasteiger partial charge is 0.226 e. The first-order valence-electron chi connectivity index (χ1n) is 9.97. The van der Waals surface area contributed by atoms with E-state index >= 15 is 0 Å². The van der Waals surface area contributed by atoms with Gasteiger partial charge in [-0.05, 0) is 49.1 Å². The molecular formula is C25H20ClN3O. The molecule has 2 aliphatic carbocycles. The normalized spacial score (nSPS) is 18.4. The lowest BCUT2D eigenvalue weighted by Crippen LogP contribution is -2.33. The summed E-state index contributed by atoms with van der Waals surface area (Å²) in [6.07, 6.45) is 15.2. The van der Waals surface area contributed by atoms with Crippen LogP contribution in [0.2, 0.25) is 5.28 Å². The molecule has 0 fully saturated rings. The minimum Gasteiger partial charge on any atom is -0.456 e. The Bertz CT molecular complexity index is 1410. The van der Waals surface area contributed by atoms with Gasteiger partial charge in [0.05, 0.1) is 0 Å². The molecule has 2 heterocycles. The van der Waals surface area contributed by atoms with E-state index in [0.717, 1.165) is 39.2 Å². The van der Waals surface area contributed by atoms with E-state index in [1.807, 2.05) is 50.3 Å². The Morgan fingerprint density at radius 1 is 1.17 bits per heavy atom. The van der Waals surface area contributed by atoms with Crippen LogP contribution in [0, 0.1) is 5.92 Å². The molecule has 0 saturated carbocycles. The zero-order valence-electron chi connectivity index (χ0n) is 16.8. The van der Waals surface area contributed by atoms with Crippen LogP contribution in [-0.4, -0.2) is 15.0 Å². The molecule has 1 atom stereocenters. The maximum atomic E-state index is 6.33. The van der Waals surface area contributed by atoms with Gasteiger partial charge in [-0.25, -0.2) is 4.98 Å². The Morgan fingerprint density at radius 2 is 2.03 bits per heavy atom. The zero-order valence-corrected chi connectivity index (χ0v) is 17.5. The van der Waals surface area contributed by atoms with Gasteiger partial charge in [-0.3, -0.25) is 0 Å². The number of aromatic nitrogens is 3. The van der Waals surface area contributed by atoms with Gasteiger partial charge in [-0.2, -0.15) is 9.97 Å². The van der Waals surface area contributed by atoms with Gasteiger partial charge in [-0.15, -0.1) is 0 Å². The molecule has 2 aromatic heterocycles. The van der Waals surface area contributed by atoms with E-state index in [4.69, 9.17) is 21.0 Å². The van der Waals surface area contributed by atoms with Gasteiger partial charge in [0.15, 0.2) is 11.6 Å². The standard InChI is InChI=1S/C25H20ClN3O/c1-3-4-9-15(2)23-27-24(29-25(26)28-23)19-14-16-10-5-6-11-17(16)21-18-12-7-8-13-20(18)30-22(19)21/h3-13,16H,14H2,1-2H3/b4-3-,15-9+. The van der Waals surface area contributed by atoms with E-state index in [9.17, 15) is 0 Å². The number of rotatable bonds is 3. The fourth-order valence-corrected chi connectivity index (χ4v) is 4.22. The van der Waals surface area contributed by atoms with Crippen molar-refractivity contribution in [1.82, 2.24) is 15.0 Å². The molecule has 4 nitrogen and oxygen atoms in total. The van der Waals surface area contributed by atoms with Crippen LogP contribution in [0.4, 0.5) is 0 Å². The molecule has 0 bridgehead atoms. The molecule has 30 heavy (non-hydrogen) atoms. The third-order valence-corrected chi connectivity index (χ3v) is 5.65. The van der Waals surface area contributed by atoms with Gasteiger partial charge in [-0.1, -0.05) is 60.7 Å². The van der Waals surface area contributed by atoms with Crippen molar-refractivity contribution in [2.75, 3.05) is 0 Å². The van der Waals surface area contributed by atoms with Crippen molar-refractivity contribution in [3.8, 4) is 0 Å². The summed E-state index contributed by atoms with van der Waals surface area (Å²) in [6.45, 7) is 3.94. The number of allylic oxidation sites excluding steroid dienone is 8. The van der Waals surface area contributed by atoms with Gasteiger partial charge >= 0.3 is 0 Å². The monoisotopic (exact) mass is 413 g/mol. The van der Waals surface area contributed by atoms with Gasteiger partial charge in [0.1, 0.15) is 11.0 Å². The fourth-order valence-electron chi connectivity index (χ4n) is 4.06. The number of fused-ring (bicyclic) bond motifs is 4. The first kappa shape index (κ1) is 18.8. The Kier molecular flexibility index (Phi) is 4.72. The van der Waals surface area contributed by atoms with E-state index < -0.39 is 0 Å². The van der Waals surface area contributed by atoms with Gasteiger partial charge in [0.2, 0.25) is 5.28 Å². The summed E-state index contributed by atoms with van der Waals surface area (Å²) in [5.41, 5.74) is 4.84. The highest BCUT2D eigenvalue weighted by Crippen LogP contribution is 2.31. The van der Waals surface area contributed by atoms with E-state index in [1.165, 1.54) is 5.57 Å². The predicted molar refractivity (Wildman–Crippen MR) is 121 cm³/mol. The molecule has 148 valence electrons. The number of nitrogens with zero attached hydrogens (tertiary/aromatic N) is 3. The third kappa shape index (κ3) is 3.14. The first-order valence-corrected chi connectivity index (χ1v) is 10.3. The van der Waals surface area contributed by atoms with Gasteiger partial charge in [0.25, 0.3) is 0 Å². The van der Waals surface area contributed by atoms with Crippen LogP contribution >= 0.6 is 11.6 Å². The van der Waals surface area contributed by atoms with Crippen LogP contribution < -0.4 is 10.6 Å². The molecule has 0 spiro atoms. The maximum Gasteiger partial charge on any atom is 0.226 e. The maximum absolute atomic E-state index is 6.33.